The Balaban J connectivity index is 2.56. The minimum atomic E-state index is -0.949. The lowest BCUT2D eigenvalue weighted by atomic mass is 9.98. The average molecular weight is 228 g/mol. The maximum absolute atomic E-state index is 11.1. The van der Waals surface area contributed by atoms with E-state index in [0.29, 0.717) is 5.56 Å². The average Bonchev–Trinajstić information content (AvgIpc) is 2.39. The highest BCUT2D eigenvalue weighted by molar-refractivity contribution is 5.96. The van der Waals surface area contributed by atoms with Crippen molar-refractivity contribution < 1.29 is 15.0 Å². The number of rotatable bonds is 3. The zero-order valence-corrected chi connectivity index (χ0v) is 9.13. The fourth-order valence-corrected chi connectivity index (χ4v) is 1.76. The van der Waals surface area contributed by atoms with Crippen molar-refractivity contribution in [1.82, 2.24) is 0 Å². The normalized spacial score (nSPS) is 10.2. The molecule has 3 nitrogen and oxygen atoms in total. The van der Waals surface area contributed by atoms with Crippen LogP contribution in [0.25, 0.3) is 11.1 Å². The molecule has 2 rings (SSSR count). The summed E-state index contributed by atoms with van der Waals surface area (Å²) in [6, 6.07) is 14.1. The monoisotopic (exact) mass is 228 g/mol. The number of carboxylic acid groups (broad SMARTS) is 1. The first-order valence-corrected chi connectivity index (χ1v) is 5.25. The van der Waals surface area contributed by atoms with Gasteiger partial charge < -0.3 is 10.2 Å². The summed E-state index contributed by atoms with van der Waals surface area (Å²) in [4.78, 5) is 11.1. The molecule has 0 unspecified atom stereocenters. The summed E-state index contributed by atoms with van der Waals surface area (Å²) in [6.45, 7) is -0.0525. The zero-order valence-electron chi connectivity index (χ0n) is 9.13. The third-order valence-corrected chi connectivity index (χ3v) is 2.58. The Kier molecular flexibility index (Phi) is 3.21. The highest BCUT2D eigenvalue weighted by Crippen LogP contribution is 2.24. The molecule has 0 fully saturated rings. The minimum Gasteiger partial charge on any atom is -0.478 e. The summed E-state index contributed by atoms with van der Waals surface area (Å²) in [5.41, 5.74) is 2.50. The first kappa shape index (κ1) is 11.4. The van der Waals surface area contributed by atoms with Gasteiger partial charge in [-0.3, -0.25) is 0 Å². The second-order valence-electron chi connectivity index (χ2n) is 3.71. The van der Waals surface area contributed by atoms with E-state index in [1.165, 1.54) is 0 Å². The van der Waals surface area contributed by atoms with E-state index in [0.717, 1.165) is 11.1 Å². The molecule has 0 aromatic heterocycles. The molecule has 0 heterocycles. The lowest BCUT2D eigenvalue weighted by molar-refractivity contribution is 0.0697. The third-order valence-electron chi connectivity index (χ3n) is 2.58. The van der Waals surface area contributed by atoms with Crippen LogP contribution < -0.4 is 0 Å². The van der Waals surface area contributed by atoms with Crippen molar-refractivity contribution in [3.63, 3.8) is 0 Å². The van der Waals surface area contributed by atoms with Crippen LogP contribution in [0.4, 0.5) is 0 Å². The van der Waals surface area contributed by atoms with E-state index in [1.807, 2.05) is 6.07 Å². The summed E-state index contributed by atoms with van der Waals surface area (Å²) in [5.74, 6) is -0.949. The molecule has 0 bridgehead atoms. The standard InChI is InChI=1S/C14H12O3/c15-9-10-4-3-5-11(8-10)12-6-1-2-7-13(12)14(16)17/h1-8,15H,9H2,(H,16,17). The SMILES string of the molecule is O=C(O)c1ccccc1-c1cccc(CO)c1. The number of carboxylic acids is 1. The van der Waals surface area contributed by atoms with Gasteiger partial charge in [0.25, 0.3) is 0 Å². The first-order chi connectivity index (χ1) is 8.22. The summed E-state index contributed by atoms with van der Waals surface area (Å²) >= 11 is 0. The molecule has 0 aliphatic heterocycles. The first-order valence-electron chi connectivity index (χ1n) is 5.25. The van der Waals surface area contributed by atoms with Crippen molar-refractivity contribution >= 4 is 5.97 Å². The van der Waals surface area contributed by atoms with E-state index in [4.69, 9.17) is 10.2 Å². The van der Waals surface area contributed by atoms with Crippen LogP contribution in [0.3, 0.4) is 0 Å². The number of aromatic carboxylic acids is 1. The Morgan fingerprint density at radius 1 is 1.06 bits per heavy atom. The van der Waals surface area contributed by atoms with Gasteiger partial charge in [0.05, 0.1) is 12.2 Å². The number of hydrogen-bond donors (Lipinski definition) is 2. The van der Waals surface area contributed by atoms with Crippen molar-refractivity contribution in [3.05, 3.63) is 59.7 Å². The fraction of sp³-hybridized carbons (Fsp3) is 0.0714. The molecule has 0 atom stereocenters. The molecule has 2 aromatic rings. The van der Waals surface area contributed by atoms with Crippen LogP contribution >= 0.6 is 0 Å². The number of aliphatic hydroxyl groups is 1. The second kappa shape index (κ2) is 4.80. The van der Waals surface area contributed by atoms with E-state index in [1.54, 1.807) is 42.5 Å². The Morgan fingerprint density at radius 2 is 1.82 bits per heavy atom. The summed E-state index contributed by atoms with van der Waals surface area (Å²) in [5, 5.41) is 18.2. The van der Waals surface area contributed by atoms with Gasteiger partial charge in [0, 0.05) is 0 Å². The highest BCUT2D eigenvalue weighted by Gasteiger charge is 2.10. The van der Waals surface area contributed by atoms with Crippen molar-refractivity contribution in [2.24, 2.45) is 0 Å². The maximum Gasteiger partial charge on any atom is 0.336 e. The molecule has 0 spiro atoms. The predicted octanol–water partition coefficient (Wildman–Crippen LogP) is 2.54. The van der Waals surface area contributed by atoms with Gasteiger partial charge >= 0.3 is 5.97 Å². The van der Waals surface area contributed by atoms with E-state index < -0.39 is 5.97 Å². The van der Waals surface area contributed by atoms with Gasteiger partial charge in [0.15, 0.2) is 0 Å². The molecule has 0 aliphatic rings. The number of hydrogen-bond acceptors (Lipinski definition) is 2. The molecule has 86 valence electrons. The van der Waals surface area contributed by atoms with Gasteiger partial charge in [-0.2, -0.15) is 0 Å². The zero-order chi connectivity index (χ0) is 12.3. The molecule has 2 N–H and O–H groups in total. The molecule has 17 heavy (non-hydrogen) atoms. The summed E-state index contributed by atoms with van der Waals surface area (Å²) in [7, 11) is 0. The molecule has 0 saturated heterocycles. The smallest absolute Gasteiger partial charge is 0.336 e. The lowest BCUT2D eigenvalue weighted by Crippen LogP contribution is -1.99. The third kappa shape index (κ3) is 2.34. The van der Waals surface area contributed by atoms with Crippen molar-refractivity contribution in [3.8, 4) is 11.1 Å². The van der Waals surface area contributed by atoms with E-state index in [2.05, 4.69) is 0 Å². The topological polar surface area (TPSA) is 57.5 Å². The molecule has 2 aromatic carbocycles. The highest BCUT2D eigenvalue weighted by atomic mass is 16.4. The molecule has 0 radical (unpaired) electrons. The van der Waals surface area contributed by atoms with Gasteiger partial charge in [-0.05, 0) is 28.8 Å². The van der Waals surface area contributed by atoms with Crippen LogP contribution in [0.15, 0.2) is 48.5 Å². The molecule has 0 saturated carbocycles. The Bertz CT molecular complexity index is 547. The molecule has 0 amide bonds. The minimum absolute atomic E-state index is 0.0525. The van der Waals surface area contributed by atoms with Crippen molar-refractivity contribution in [2.45, 2.75) is 6.61 Å². The van der Waals surface area contributed by atoms with Gasteiger partial charge in [0.2, 0.25) is 0 Å². The second-order valence-corrected chi connectivity index (χ2v) is 3.71. The lowest BCUT2D eigenvalue weighted by Gasteiger charge is -2.07. The van der Waals surface area contributed by atoms with Crippen LogP contribution in [0.1, 0.15) is 15.9 Å². The quantitative estimate of drug-likeness (QED) is 0.848. The van der Waals surface area contributed by atoms with Crippen LogP contribution in [-0.2, 0) is 6.61 Å². The largest absolute Gasteiger partial charge is 0.478 e. The summed E-state index contributed by atoms with van der Waals surface area (Å²) < 4.78 is 0. The predicted molar refractivity (Wildman–Crippen MR) is 64.8 cm³/mol. The van der Waals surface area contributed by atoms with E-state index in [9.17, 15) is 4.79 Å². The van der Waals surface area contributed by atoms with Crippen LogP contribution in [-0.4, -0.2) is 16.2 Å². The van der Waals surface area contributed by atoms with Gasteiger partial charge in [0.1, 0.15) is 0 Å². The van der Waals surface area contributed by atoms with E-state index >= 15 is 0 Å². The van der Waals surface area contributed by atoms with E-state index in [-0.39, 0.29) is 12.2 Å². The van der Waals surface area contributed by atoms with Gasteiger partial charge in [-0.25, -0.2) is 4.79 Å². The Morgan fingerprint density at radius 3 is 2.53 bits per heavy atom. The van der Waals surface area contributed by atoms with Crippen molar-refractivity contribution in [1.29, 1.82) is 0 Å². The number of carbonyl (C=O) groups is 1. The molecular weight excluding hydrogens is 216 g/mol. The number of aliphatic hydroxyl groups excluding tert-OH is 1. The maximum atomic E-state index is 11.1. The van der Waals surface area contributed by atoms with Crippen LogP contribution in [0.5, 0.6) is 0 Å². The van der Waals surface area contributed by atoms with Crippen molar-refractivity contribution in [2.75, 3.05) is 0 Å². The van der Waals surface area contributed by atoms with Gasteiger partial charge in [-0.1, -0.05) is 36.4 Å². The number of benzene rings is 2. The van der Waals surface area contributed by atoms with Crippen LogP contribution in [0.2, 0.25) is 0 Å². The molecular formula is C14H12O3. The fourth-order valence-electron chi connectivity index (χ4n) is 1.76. The summed E-state index contributed by atoms with van der Waals surface area (Å²) in [6.07, 6.45) is 0. The molecule has 3 heteroatoms. The Hall–Kier alpha value is -2.13. The van der Waals surface area contributed by atoms with Crippen LogP contribution in [0, 0.1) is 0 Å². The Labute approximate surface area is 99.0 Å². The molecule has 0 aliphatic carbocycles. The van der Waals surface area contributed by atoms with Gasteiger partial charge in [-0.15, -0.1) is 0 Å².